The molecule has 0 aliphatic carbocycles. The third kappa shape index (κ3) is 3.22. The van der Waals surface area contributed by atoms with Crippen molar-refractivity contribution < 1.29 is 19.1 Å². The summed E-state index contributed by atoms with van der Waals surface area (Å²) < 4.78 is 12.6. The molecule has 0 aliphatic rings. The van der Waals surface area contributed by atoms with E-state index < -0.39 is 12.0 Å². The van der Waals surface area contributed by atoms with Crippen LogP contribution in [0.25, 0.3) is 0 Å². The summed E-state index contributed by atoms with van der Waals surface area (Å²) in [6, 6.07) is 3.79. The van der Waals surface area contributed by atoms with Crippen LogP contribution < -0.4 is 10.1 Å². The smallest absolute Gasteiger partial charge is 0.356 e. The Bertz CT molecular complexity index is 462. The summed E-state index contributed by atoms with van der Waals surface area (Å²) in [5.74, 6) is -0.0929. The summed E-state index contributed by atoms with van der Waals surface area (Å²) in [4.78, 5) is 22.5. The fourth-order valence-electron chi connectivity index (χ4n) is 1.18. The average Bonchev–Trinajstić information content (AvgIpc) is 2.37. The summed E-state index contributed by atoms with van der Waals surface area (Å²) in [5, 5.41) is 2.36. The second-order valence-electron chi connectivity index (χ2n) is 2.92. The zero-order valence-corrected chi connectivity index (χ0v) is 10.0. The van der Waals surface area contributed by atoms with Crippen molar-refractivity contribution in [3.05, 3.63) is 23.8 Å². The number of methoxy groups -OCH3 is 2. The van der Waals surface area contributed by atoms with Gasteiger partial charge in [0.05, 0.1) is 25.5 Å². The third-order valence-corrected chi connectivity index (χ3v) is 2.12. The van der Waals surface area contributed by atoms with Crippen molar-refractivity contribution >= 4 is 30.1 Å². The topological polar surface area (TPSA) is 77.0 Å². The molecule has 0 spiro atoms. The van der Waals surface area contributed by atoms with Crippen LogP contribution in [-0.4, -0.2) is 26.2 Å². The Hall–Kier alpha value is -2.02. The number of esters is 1. The highest BCUT2D eigenvalue weighted by Gasteiger charge is 2.14. The summed E-state index contributed by atoms with van der Waals surface area (Å²) in [5.41, 5.74) is 0.426. The van der Waals surface area contributed by atoms with Crippen molar-refractivity contribution in [2.45, 2.75) is 0 Å². The van der Waals surface area contributed by atoms with Gasteiger partial charge >= 0.3 is 12.0 Å². The molecule has 0 aromatic heterocycles. The largest absolute Gasteiger partial charge is 0.497 e. The van der Waals surface area contributed by atoms with Gasteiger partial charge in [0, 0.05) is 18.5 Å². The van der Waals surface area contributed by atoms with Gasteiger partial charge in [0.15, 0.2) is 0 Å². The molecule has 1 aromatic carbocycles. The normalized spacial score (nSPS) is 9.29. The van der Waals surface area contributed by atoms with E-state index in [1.165, 1.54) is 26.4 Å². The zero-order chi connectivity index (χ0) is 12.8. The SMILES string of the molecule is COC(=O)c1ccc(OC)cc1NC(=O)N=S. The van der Waals surface area contributed by atoms with Gasteiger partial charge in [-0.2, -0.15) is 0 Å². The lowest BCUT2D eigenvalue weighted by Crippen LogP contribution is -2.11. The lowest BCUT2D eigenvalue weighted by molar-refractivity contribution is 0.0602. The molecule has 17 heavy (non-hydrogen) atoms. The Morgan fingerprint density at radius 3 is 2.59 bits per heavy atom. The maximum absolute atomic E-state index is 11.4. The van der Waals surface area contributed by atoms with Crippen LogP contribution in [0.2, 0.25) is 0 Å². The van der Waals surface area contributed by atoms with Gasteiger partial charge < -0.3 is 14.8 Å². The first-order valence-electron chi connectivity index (χ1n) is 4.53. The molecule has 2 amide bonds. The average molecular weight is 254 g/mol. The standard InChI is InChI=1S/C10H10N2O4S/c1-15-6-3-4-7(9(13)16-2)8(5-6)11-10(14)12-17/h3-5H,1-2H3,(H,11,14). The lowest BCUT2D eigenvalue weighted by Gasteiger charge is -2.09. The van der Waals surface area contributed by atoms with Crippen LogP contribution in [0.15, 0.2) is 22.6 Å². The van der Waals surface area contributed by atoms with Gasteiger partial charge in [-0.15, -0.1) is 4.36 Å². The van der Waals surface area contributed by atoms with Crippen molar-refractivity contribution in [3.63, 3.8) is 0 Å². The summed E-state index contributed by atoms with van der Waals surface area (Å²) in [7, 11) is 2.71. The van der Waals surface area contributed by atoms with E-state index in [0.717, 1.165) is 0 Å². The Balaban J connectivity index is 3.15. The van der Waals surface area contributed by atoms with Crippen LogP contribution in [0.1, 0.15) is 10.4 Å². The van der Waals surface area contributed by atoms with E-state index in [4.69, 9.17) is 4.74 Å². The van der Waals surface area contributed by atoms with Gasteiger partial charge in [-0.25, -0.2) is 9.59 Å². The summed E-state index contributed by atoms with van der Waals surface area (Å²) >= 11 is 4.24. The van der Waals surface area contributed by atoms with Crippen LogP contribution in [0.4, 0.5) is 10.5 Å². The first kappa shape index (κ1) is 13.0. The molecule has 6 nitrogen and oxygen atoms in total. The Kier molecular flexibility index (Phi) is 4.53. The molecule has 0 unspecified atom stereocenters. The lowest BCUT2D eigenvalue weighted by atomic mass is 10.1. The zero-order valence-electron chi connectivity index (χ0n) is 9.22. The number of anilines is 1. The monoisotopic (exact) mass is 254 g/mol. The number of ether oxygens (including phenoxy) is 2. The molecule has 1 rings (SSSR count). The number of nitrogens with one attached hydrogen (secondary N) is 1. The molecule has 0 fully saturated rings. The van der Waals surface area contributed by atoms with E-state index in [2.05, 4.69) is 26.8 Å². The number of carbonyl (C=O) groups is 2. The highest BCUT2D eigenvalue weighted by Crippen LogP contribution is 2.23. The number of benzene rings is 1. The quantitative estimate of drug-likeness (QED) is 0.831. The van der Waals surface area contributed by atoms with Gasteiger partial charge in [0.25, 0.3) is 0 Å². The molecular formula is C10H10N2O4S. The fourth-order valence-corrected chi connectivity index (χ4v) is 1.23. The predicted molar refractivity (Wildman–Crippen MR) is 63.1 cm³/mol. The molecule has 7 heteroatoms. The molecule has 90 valence electrons. The van der Waals surface area contributed by atoms with E-state index in [1.807, 2.05) is 0 Å². The van der Waals surface area contributed by atoms with Crippen LogP contribution >= 0.6 is 0 Å². The second-order valence-corrected chi connectivity index (χ2v) is 3.11. The summed E-state index contributed by atoms with van der Waals surface area (Å²) in [6.07, 6.45) is 0. The summed E-state index contributed by atoms with van der Waals surface area (Å²) in [6.45, 7) is 0. The van der Waals surface area contributed by atoms with Gasteiger partial charge in [-0.3, -0.25) is 0 Å². The van der Waals surface area contributed by atoms with Crippen molar-refractivity contribution in [2.75, 3.05) is 19.5 Å². The number of urea groups is 1. The minimum Gasteiger partial charge on any atom is -0.497 e. The van der Waals surface area contributed by atoms with E-state index in [0.29, 0.717) is 5.75 Å². The maximum Gasteiger partial charge on any atom is 0.356 e. The third-order valence-electron chi connectivity index (χ3n) is 1.96. The van der Waals surface area contributed by atoms with E-state index in [1.54, 1.807) is 6.07 Å². The first-order chi connectivity index (χ1) is 8.12. The van der Waals surface area contributed by atoms with Crippen molar-refractivity contribution in [2.24, 2.45) is 4.36 Å². The Morgan fingerprint density at radius 2 is 2.06 bits per heavy atom. The number of hydrogen-bond donors (Lipinski definition) is 1. The maximum atomic E-state index is 11.4. The van der Waals surface area contributed by atoms with Crippen molar-refractivity contribution in [1.82, 2.24) is 0 Å². The molecule has 0 bridgehead atoms. The van der Waals surface area contributed by atoms with Crippen molar-refractivity contribution in [1.29, 1.82) is 0 Å². The van der Waals surface area contributed by atoms with Crippen LogP contribution in [0, 0.1) is 0 Å². The van der Waals surface area contributed by atoms with E-state index in [9.17, 15) is 9.59 Å². The number of carbonyl (C=O) groups excluding carboxylic acids is 2. The fraction of sp³-hybridized carbons (Fsp3) is 0.200. The van der Waals surface area contributed by atoms with Crippen LogP contribution in [0.3, 0.4) is 0 Å². The predicted octanol–water partition coefficient (Wildman–Crippen LogP) is 1.74. The second kappa shape index (κ2) is 5.90. The molecule has 0 saturated carbocycles. The highest BCUT2D eigenvalue weighted by molar-refractivity contribution is 7.47. The minimum atomic E-state index is -0.738. The molecule has 0 heterocycles. The first-order valence-corrected chi connectivity index (χ1v) is 4.89. The van der Waals surface area contributed by atoms with Crippen LogP contribution in [0.5, 0.6) is 5.75 Å². The van der Waals surface area contributed by atoms with Gasteiger partial charge in [0.2, 0.25) is 0 Å². The number of amides is 2. The van der Waals surface area contributed by atoms with E-state index >= 15 is 0 Å². The molecule has 0 aliphatic heterocycles. The molecule has 0 radical (unpaired) electrons. The molecule has 0 saturated heterocycles. The minimum absolute atomic E-state index is 0.195. The van der Waals surface area contributed by atoms with Gasteiger partial charge in [-0.05, 0) is 12.1 Å². The number of rotatable bonds is 3. The number of hydrogen-bond acceptors (Lipinski definition) is 5. The molecular weight excluding hydrogens is 244 g/mol. The molecule has 1 aromatic rings. The number of nitrogens with zero attached hydrogens (tertiary/aromatic N) is 1. The molecule has 1 N–H and O–H groups in total. The molecule has 0 atom stereocenters. The Morgan fingerprint density at radius 1 is 1.35 bits per heavy atom. The Labute approximate surface area is 103 Å². The van der Waals surface area contributed by atoms with Gasteiger partial charge in [0.1, 0.15) is 5.75 Å². The van der Waals surface area contributed by atoms with Crippen LogP contribution in [-0.2, 0) is 17.2 Å². The van der Waals surface area contributed by atoms with Gasteiger partial charge in [-0.1, -0.05) is 0 Å². The van der Waals surface area contributed by atoms with E-state index in [-0.39, 0.29) is 11.3 Å². The van der Waals surface area contributed by atoms with Crippen molar-refractivity contribution in [3.8, 4) is 5.75 Å². The highest BCUT2D eigenvalue weighted by atomic mass is 32.1.